The van der Waals surface area contributed by atoms with Crippen molar-refractivity contribution in [2.75, 3.05) is 0 Å². The van der Waals surface area contributed by atoms with Crippen LogP contribution in [0.3, 0.4) is 0 Å². The Balaban J connectivity index is 1.49. The minimum Gasteiger partial charge on any atom is -0.345 e. The molecular weight excluding hydrogens is 376 g/mol. The third-order valence-corrected chi connectivity index (χ3v) is 4.69. The number of nitrogens with one attached hydrogen (secondary N) is 2. The van der Waals surface area contributed by atoms with Gasteiger partial charge in [0.1, 0.15) is 12.7 Å². The van der Waals surface area contributed by atoms with Crippen molar-refractivity contribution in [3.8, 4) is 16.9 Å². The first-order chi connectivity index (χ1) is 13.6. The molecular formula is C20H17ClN6O. The van der Waals surface area contributed by atoms with Gasteiger partial charge in [0, 0.05) is 10.6 Å². The van der Waals surface area contributed by atoms with Crippen LogP contribution in [-0.2, 0) is 0 Å². The number of aromatic amines is 1. The van der Waals surface area contributed by atoms with Gasteiger partial charge in [-0.2, -0.15) is 10.2 Å². The minimum atomic E-state index is -0.202. The number of hydrogen-bond donors (Lipinski definition) is 2. The summed E-state index contributed by atoms with van der Waals surface area (Å²) in [7, 11) is 0. The van der Waals surface area contributed by atoms with Crippen molar-refractivity contribution in [2.45, 2.75) is 13.0 Å². The lowest BCUT2D eigenvalue weighted by molar-refractivity contribution is 0.0940. The normalized spacial score (nSPS) is 11.9. The van der Waals surface area contributed by atoms with Crippen LogP contribution in [0.5, 0.6) is 0 Å². The molecule has 1 amide bonds. The Bertz CT molecular complexity index is 1070. The van der Waals surface area contributed by atoms with Crippen LogP contribution in [0, 0.1) is 0 Å². The predicted molar refractivity (Wildman–Crippen MR) is 106 cm³/mol. The highest BCUT2D eigenvalue weighted by atomic mass is 35.5. The molecule has 0 aliphatic carbocycles. The summed E-state index contributed by atoms with van der Waals surface area (Å²) in [6, 6.07) is 14.8. The molecule has 0 aliphatic heterocycles. The van der Waals surface area contributed by atoms with E-state index in [0.29, 0.717) is 16.3 Å². The Kier molecular flexibility index (Phi) is 4.90. The van der Waals surface area contributed by atoms with Crippen molar-refractivity contribution >= 4 is 17.5 Å². The highest BCUT2D eigenvalue weighted by Crippen LogP contribution is 2.24. The van der Waals surface area contributed by atoms with Gasteiger partial charge in [-0.05, 0) is 36.8 Å². The summed E-state index contributed by atoms with van der Waals surface area (Å²) in [6.07, 6.45) is 4.65. The lowest BCUT2D eigenvalue weighted by atomic mass is 10.1. The van der Waals surface area contributed by atoms with Crippen LogP contribution in [-0.4, -0.2) is 30.9 Å². The van der Waals surface area contributed by atoms with E-state index in [2.05, 4.69) is 25.6 Å². The molecule has 0 fully saturated rings. The first-order valence-electron chi connectivity index (χ1n) is 8.67. The highest BCUT2D eigenvalue weighted by Gasteiger charge is 2.18. The van der Waals surface area contributed by atoms with Crippen LogP contribution in [0.4, 0.5) is 0 Å². The number of carbonyl (C=O) groups excluding carboxylic acids is 1. The molecule has 0 spiro atoms. The number of H-pyrrole nitrogens is 1. The SMILES string of the molecule is C[C@H](NC(=O)c1cn[nH]c1-c1ccc(Cl)cc1)c1ccc(-n2cncn2)cc1. The summed E-state index contributed by atoms with van der Waals surface area (Å²) < 4.78 is 1.68. The molecule has 1 atom stereocenters. The van der Waals surface area contributed by atoms with E-state index in [1.165, 1.54) is 12.5 Å². The number of rotatable bonds is 5. The maximum atomic E-state index is 12.8. The van der Waals surface area contributed by atoms with E-state index >= 15 is 0 Å². The Morgan fingerprint density at radius 3 is 2.57 bits per heavy atom. The van der Waals surface area contributed by atoms with Gasteiger partial charge in [0.2, 0.25) is 0 Å². The van der Waals surface area contributed by atoms with Gasteiger partial charge in [-0.15, -0.1) is 0 Å². The van der Waals surface area contributed by atoms with Crippen LogP contribution >= 0.6 is 11.6 Å². The van der Waals surface area contributed by atoms with Crippen molar-refractivity contribution in [1.29, 1.82) is 0 Å². The minimum absolute atomic E-state index is 0.176. The van der Waals surface area contributed by atoms with Crippen molar-refractivity contribution in [3.05, 3.63) is 83.5 Å². The third-order valence-electron chi connectivity index (χ3n) is 4.44. The molecule has 2 N–H and O–H groups in total. The molecule has 0 bridgehead atoms. The summed E-state index contributed by atoms with van der Waals surface area (Å²) >= 11 is 5.94. The van der Waals surface area contributed by atoms with Crippen molar-refractivity contribution in [2.24, 2.45) is 0 Å². The molecule has 2 aromatic carbocycles. The van der Waals surface area contributed by atoms with Gasteiger partial charge in [-0.3, -0.25) is 9.89 Å². The Morgan fingerprint density at radius 1 is 1.14 bits per heavy atom. The molecule has 4 aromatic rings. The quantitative estimate of drug-likeness (QED) is 0.540. The molecule has 4 rings (SSSR count). The first kappa shape index (κ1) is 17.9. The van der Waals surface area contributed by atoms with Crippen LogP contribution in [0.25, 0.3) is 16.9 Å². The van der Waals surface area contributed by atoms with E-state index in [0.717, 1.165) is 16.8 Å². The van der Waals surface area contributed by atoms with Gasteiger partial charge < -0.3 is 5.32 Å². The van der Waals surface area contributed by atoms with Gasteiger partial charge in [-0.1, -0.05) is 35.9 Å². The Morgan fingerprint density at radius 2 is 1.89 bits per heavy atom. The van der Waals surface area contributed by atoms with E-state index in [1.807, 2.05) is 43.3 Å². The maximum Gasteiger partial charge on any atom is 0.255 e. The standard InChI is InChI=1S/C20H17ClN6O/c1-13(14-4-8-17(9-5-14)27-12-22-11-24-27)25-20(28)18-10-23-26-19(18)15-2-6-16(21)7-3-15/h2-13H,1H3,(H,23,26)(H,25,28)/t13-/m0/s1. The molecule has 28 heavy (non-hydrogen) atoms. The van der Waals surface area contributed by atoms with Crippen LogP contribution in [0.2, 0.25) is 5.02 Å². The maximum absolute atomic E-state index is 12.8. The van der Waals surface area contributed by atoms with E-state index in [1.54, 1.807) is 23.1 Å². The number of amides is 1. The molecule has 0 radical (unpaired) electrons. The van der Waals surface area contributed by atoms with E-state index in [9.17, 15) is 4.79 Å². The lowest BCUT2D eigenvalue weighted by Gasteiger charge is -2.15. The largest absolute Gasteiger partial charge is 0.345 e. The zero-order valence-corrected chi connectivity index (χ0v) is 15.8. The van der Waals surface area contributed by atoms with Gasteiger partial charge >= 0.3 is 0 Å². The second-order valence-corrected chi connectivity index (χ2v) is 6.73. The van der Waals surface area contributed by atoms with Crippen LogP contribution < -0.4 is 5.32 Å². The highest BCUT2D eigenvalue weighted by molar-refractivity contribution is 6.30. The first-order valence-corrected chi connectivity index (χ1v) is 9.05. The summed E-state index contributed by atoms with van der Waals surface area (Å²) in [5.74, 6) is -0.202. The van der Waals surface area contributed by atoms with E-state index < -0.39 is 0 Å². The molecule has 0 aliphatic rings. The second-order valence-electron chi connectivity index (χ2n) is 6.29. The van der Waals surface area contributed by atoms with Gasteiger partial charge in [0.05, 0.1) is 29.2 Å². The molecule has 8 heteroatoms. The van der Waals surface area contributed by atoms with Gasteiger partial charge in [0.15, 0.2) is 0 Å². The fraction of sp³-hybridized carbons (Fsp3) is 0.100. The average Bonchev–Trinajstić information content (AvgIpc) is 3.41. The number of nitrogens with zero attached hydrogens (tertiary/aromatic N) is 4. The molecule has 140 valence electrons. The molecule has 0 saturated heterocycles. The van der Waals surface area contributed by atoms with Gasteiger partial charge in [0.25, 0.3) is 5.91 Å². The van der Waals surface area contributed by atoms with Gasteiger partial charge in [-0.25, -0.2) is 9.67 Å². The lowest BCUT2D eigenvalue weighted by Crippen LogP contribution is -2.26. The topological polar surface area (TPSA) is 88.5 Å². The molecule has 2 aromatic heterocycles. The van der Waals surface area contributed by atoms with E-state index in [-0.39, 0.29) is 11.9 Å². The van der Waals surface area contributed by atoms with Crippen molar-refractivity contribution in [3.63, 3.8) is 0 Å². The predicted octanol–water partition coefficient (Wildman–Crippen LogP) is 3.80. The molecule has 2 heterocycles. The van der Waals surface area contributed by atoms with Crippen LogP contribution in [0.15, 0.2) is 67.4 Å². The summed E-state index contributed by atoms with van der Waals surface area (Å²) in [6.45, 7) is 1.93. The average molecular weight is 393 g/mol. The van der Waals surface area contributed by atoms with Crippen LogP contribution in [0.1, 0.15) is 28.9 Å². The molecule has 0 saturated carbocycles. The molecule has 0 unspecified atom stereocenters. The fourth-order valence-corrected chi connectivity index (χ4v) is 3.04. The summed E-state index contributed by atoms with van der Waals surface area (Å²) in [5, 5.41) is 14.7. The number of carbonyl (C=O) groups is 1. The molecule has 7 nitrogen and oxygen atoms in total. The van der Waals surface area contributed by atoms with Crippen molar-refractivity contribution in [1.82, 2.24) is 30.3 Å². The summed E-state index contributed by atoms with van der Waals surface area (Å²) in [4.78, 5) is 16.7. The van der Waals surface area contributed by atoms with Crippen molar-refractivity contribution < 1.29 is 4.79 Å². The smallest absolute Gasteiger partial charge is 0.255 e. The fourth-order valence-electron chi connectivity index (χ4n) is 2.91. The monoisotopic (exact) mass is 392 g/mol. The number of aromatic nitrogens is 5. The number of benzene rings is 2. The zero-order valence-electron chi connectivity index (χ0n) is 15.0. The zero-order chi connectivity index (χ0) is 19.5. The third kappa shape index (κ3) is 3.65. The Hall–Kier alpha value is -3.45. The Labute approximate surface area is 166 Å². The second kappa shape index (κ2) is 7.66. The number of hydrogen-bond acceptors (Lipinski definition) is 4. The summed E-state index contributed by atoms with van der Waals surface area (Å²) in [5.41, 5.74) is 3.86. The van der Waals surface area contributed by atoms with E-state index in [4.69, 9.17) is 11.6 Å². The number of halogens is 1.